The van der Waals surface area contributed by atoms with Gasteiger partial charge in [0.15, 0.2) is 0 Å². The molecule has 25 heavy (non-hydrogen) atoms. The molecule has 5 heteroatoms. The van der Waals surface area contributed by atoms with E-state index in [-0.39, 0.29) is 0 Å². The predicted molar refractivity (Wildman–Crippen MR) is 98.4 cm³/mol. The van der Waals surface area contributed by atoms with E-state index in [1.165, 1.54) is 5.56 Å². The summed E-state index contributed by atoms with van der Waals surface area (Å²) in [5.41, 5.74) is 2.30. The molecule has 1 aromatic carbocycles. The van der Waals surface area contributed by atoms with E-state index in [2.05, 4.69) is 52.0 Å². The van der Waals surface area contributed by atoms with Crippen molar-refractivity contribution < 1.29 is 9.15 Å². The molecule has 0 aliphatic carbocycles. The van der Waals surface area contributed by atoms with Gasteiger partial charge in [0.1, 0.15) is 5.76 Å². The third kappa shape index (κ3) is 5.14. The van der Waals surface area contributed by atoms with Crippen LogP contribution in [0.2, 0.25) is 0 Å². The maximum atomic E-state index is 5.84. The topological polar surface area (TPSA) is 41.7 Å². The van der Waals surface area contributed by atoms with Crippen LogP contribution < -0.4 is 0 Å². The lowest BCUT2D eigenvalue weighted by atomic mass is 10.1. The molecule has 1 atom stereocenters. The molecule has 0 N–H and O–H groups in total. The molecule has 0 amide bonds. The lowest BCUT2D eigenvalue weighted by molar-refractivity contribution is 0.0216. The first-order valence-electron chi connectivity index (χ1n) is 9.13. The van der Waals surface area contributed by atoms with Gasteiger partial charge in [-0.15, -0.1) is 0 Å². The highest BCUT2D eigenvalue weighted by atomic mass is 16.5. The Bertz CT molecular complexity index is 631. The third-order valence-corrected chi connectivity index (χ3v) is 4.89. The van der Waals surface area contributed by atoms with Crippen LogP contribution in [0.3, 0.4) is 0 Å². The molecule has 1 aromatic heterocycles. The maximum absolute atomic E-state index is 5.84. The van der Waals surface area contributed by atoms with E-state index in [0.29, 0.717) is 6.04 Å². The summed E-state index contributed by atoms with van der Waals surface area (Å²) in [5, 5.41) is 0. The zero-order valence-corrected chi connectivity index (χ0v) is 15.6. The van der Waals surface area contributed by atoms with Crippen LogP contribution >= 0.6 is 0 Å². The van der Waals surface area contributed by atoms with Crippen molar-refractivity contribution in [2.75, 3.05) is 32.8 Å². The van der Waals surface area contributed by atoms with Crippen LogP contribution in [-0.4, -0.2) is 53.7 Å². The number of ether oxygens (including phenoxy) is 1. The minimum Gasteiger partial charge on any atom is -0.444 e. The van der Waals surface area contributed by atoms with E-state index in [1.54, 1.807) is 0 Å². The Morgan fingerprint density at radius 3 is 2.48 bits per heavy atom. The Morgan fingerprint density at radius 2 is 1.84 bits per heavy atom. The lowest BCUT2D eigenvalue weighted by Crippen LogP contribution is -2.45. The Labute approximate surface area is 150 Å². The smallest absolute Gasteiger partial charge is 0.208 e. The average molecular weight is 343 g/mol. The Balaban J connectivity index is 1.70. The van der Waals surface area contributed by atoms with E-state index in [0.717, 1.165) is 63.3 Å². The van der Waals surface area contributed by atoms with Crippen molar-refractivity contribution in [1.82, 2.24) is 14.8 Å². The van der Waals surface area contributed by atoms with E-state index >= 15 is 0 Å². The van der Waals surface area contributed by atoms with Gasteiger partial charge in [0.05, 0.1) is 25.5 Å². The molecule has 2 heterocycles. The van der Waals surface area contributed by atoms with Gasteiger partial charge in [0.25, 0.3) is 0 Å². The second kappa shape index (κ2) is 8.61. The van der Waals surface area contributed by atoms with Gasteiger partial charge in [-0.25, -0.2) is 4.98 Å². The predicted octanol–water partition coefficient (Wildman–Crippen LogP) is 3.01. The number of morpholine rings is 1. The SMILES string of the molecule is Cc1nc(CN(Cc2ccccc2)[C@@H](C)CN2CCOCC2)oc1C. The zero-order chi connectivity index (χ0) is 17.6. The number of aryl methyl sites for hydroxylation is 2. The molecule has 1 saturated heterocycles. The number of hydrogen-bond acceptors (Lipinski definition) is 5. The summed E-state index contributed by atoms with van der Waals surface area (Å²) >= 11 is 0. The highest BCUT2D eigenvalue weighted by Crippen LogP contribution is 2.16. The lowest BCUT2D eigenvalue weighted by Gasteiger charge is -2.34. The molecule has 0 saturated carbocycles. The summed E-state index contributed by atoms with van der Waals surface area (Å²) < 4.78 is 11.3. The summed E-state index contributed by atoms with van der Waals surface area (Å²) in [4.78, 5) is 9.52. The van der Waals surface area contributed by atoms with Crippen molar-refractivity contribution in [2.45, 2.75) is 39.9 Å². The zero-order valence-electron chi connectivity index (χ0n) is 15.6. The Morgan fingerprint density at radius 1 is 1.12 bits per heavy atom. The van der Waals surface area contributed by atoms with Crippen LogP contribution in [0.4, 0.5) is 0 Å². The van der Waals surface area contributed by atoms with Crippen LogP contribution in [0, 0.1) is 13.8 Å². The maximum Gasteiger partial charge on any atom is 0.208 e. The van der Waals surface area contributed by atoms with Crippen LogP contribution in [0.25, 0.3) is 0 Å². The fourth-order valence-electron chi connectivity index (χ4n) is 3.24. The molecule has 2 aromatic rings. The number of nitrogens with zero attached hydrogens (tertiary/aromatic N) is 3. The average Bonchev–Trinajstić information content (AvgIpc) is 2.93. The monoisotopic (exact) mass is 343 g/mol. The Hall–Kier alpha value is -1.69. The van der Waals surface area contributed by atoms with Crippen LogP contribution in [0.15, 0.2) is 34.7 Å². The normalized spacial score (nSPS) is 17.1. The van der Waals surface area contributed by atoms with E-state index in [1.807, 2.05) is 13.8 Å². The van der Waals surface area contributed by atoms with Gasteiger partial charge in [-0.05, 0) is 26.3 Å². The molecule has 0 radical (unpaired) electrons. The minimum absolute atomic E-state index is 0.408. The Kier molecular flexibility index (Phi) is 6.24. The number of benzene rings is 1. The molecule has 1 aliphatic heterocycles. The standard InChI is InChI=1S/C20H29N3O2/c1-16(13-22-9-11-24-12-10-22)23(14-19-7-5-4-6-8-19)15-20-21-17(2)18(3)25-20/h4-8,16H,9-15H2,1-3H3/t16-/m0/s1. The first-order chi connectivity index (χ1) is 12.1. The van der Waals surface area contributed by atoms with Gasteiger partial charge < -0.3 is 9.15 Å². The van der Waals surface area contributed by atoms with E-state index in [9.17, 15) is 0 Å². The molecule has 1 fully saturated rings. The molecular formula is C20H29N3O2. The summed E-state index contributed by atoms with van der Waals surface area (Å²) in [6.07, 6.45) is 0. The van der Waals surface area contributed by atoms with Crippen molar-refractivity contribution in [3.63, 3.8) is 0 Å². The van der Waals surface area contributed by atoms with Crippen molar-refractivity contribution in [1.29, 1.82) is 0 Å². The van der Waals surface area contributed by atoms with Gasteiger partial charge in [-0.2, -0.15) is 0 Å². The van der Waals surface area contributed by atoms with Gasteiger partial charge in [0, 0.05) is 32.2 Å². The minimum atomic E-state index is 0.408. The molecule has 3 rings (SSSR count). The van der Waals surface area contributed by atoms with Crippen LogP contribution in [0.1, 0.15) is 29.8 Å². The largest absolute Gasteiger partial charge is 0.444 e. The third-order valence-electron chi connectivity index (χ3n) is 4.89. The van der Waals surface area contributed by atoms with Gasteiger partial charge in [-0.1, -0.05) is 30.3 Å². The van der Waals surface area contributed by atoms with E-state index < -0.39 is 0 Å². The fourth-order valence-corrected chi connectivity index (χ4v) is 3.24. The van der Waals surface area contributed by atoms with Crippen molar-refractivity contribution in [3.05, 3.63) is 53.2 Å². The van der Waals surface area contributed by atoms with Crippen molar-refractivity contribution in [2.24, 2.45) is 0 Å². The second-order valence-corrected chi connectivity index (χ2v) is 6.90. The van der Waals surface area contributed by atoms with Gasteiger partial charge >= 0.3 is 0 Å². The summed E-state index contributed by atoms with van der Waals surface area (Å²) in [6, 6.07) is 11.0. The molecule has 136 valence electrons. The summed E-state index contributed by atoms with van der Waals surface area (Å²) in [6.45, 7) is 12.6. The molecule has 5 nitrogen and oxygen atoms in total. The quantitative estimate of drug-likeness (QED) is 0.773. The second-order valence-electron chi connectivity index (χ2n) is 6.90. The molecular weight excluding hydrogens is 314 g/mol. The number of oxazole rings is 1. The number of rotatable bonds is 7. The van der Waals surface area contributed by atoms with Gasteiger partial charge in [0.2, 0.25) is 5.89 Å². The molecule has 0 spiro atoms. The van der Waals surface area contributed by atoms with Crippen molar-refractivity contribution >= 4 is 0 Å². The molecule has 1 aliphatic rings. The van der Waals surface area contributed by atoms with Crippen LogP contribution in [0.5, 0.6) is 0 Å². The van der Waals surface area contributed by atoms with Crippen molar-refractivity contribution in [3.8, 4) is 0 Å². The highest BCUT2D eigenvalue weighted by Gasteiger charge is 2.21. The summed E-state index contributed by atoms with van der Waals surface area (Å²) in [7, 11) is 0. The van der Waals surface area contributed by atoms with Crippen LogP contribution in [-0.2, 0) is 17.8 Å². The fraction of sp³-hybridized carbons (Fsp3) is 0.550. The van der Waals surface area contributed by atoms with E-state index in [4.69, 9.17) is 9.15 Å². The first-order valence-corrected chi connectivity index (χ1v) is 9.13. The number of aromatic nitrogens is 1. The molecule has 0 unspecified atom stereocenters. The highest BCUT2D eigenvalue weighted by molar-refractivity contribution is 5.15. The first kappa shape index (κ1) is 18.1. The van der Waals surface area contributed by atoms with Gasteiger partial charge in [-0.3, -0.25) is 9.80 Å². The summed E-state index contributed by atoms with van der Waals surface area (Å²) in [5.74, 6) is 1.72. The molecule has 0 bridgehead atoms. The number of hydrogen-bond donors (Lipinski definition) is 0.